The lowest BCUT2D eigenvalue weighted by molar-refractivity contribution is -0.135. The predicted octanol–water partition coefficient (Wildman–Crippen LogP) is 6.07. The number of hydrogen-bond acceptors (Lipinski definition) is 2. The van der Waals surface area contributed by atoms with Crippen LogP contribution in [0.3, 0.4) is 0 Å². The molecule has 0 aliphatic heterocycles. The molecule has 0 aliphatic carbocycles. The van der Waals surface area contributed by atoms with E-state index in [2.05, 4.69) is 26.6 Å². The van der Waals surface area contributed by atoms with Gasteiger partial charge in [-0.05, 0) is 26.1 Å². The Kier molecular flexibility index (Phi) is 12.2. The zero-order chi connectivity index (χ0) is 15.3. The van der Waals surface area contributed by atoms with Crippen molar-refractivity contribution in [3.05, 3.63) is 0 Å². The number of unbranched alkanes of at least 4 members (excludes halogenated alkanes) is 10. The van der Waals surface area contributed by atoms with Crippen LogP contribution in [0.4, 0.5) is 0 Å². The van der Waals surface area contributed by atoms with Gasteiger partial charge in [0.1, 0.15) is 0 Å². The molecule has 0 N–H and O–H groups in total. The van der Waals surface area contributed by atoms with Crippen LogP contribution in [0.15, 0.2) is 0 Å². The molecule has 0 saturated heterocycles. The van der Waals surface area contributed by atoms with Crippen molar-refractivity contribution >= 4 is 14.3 Å². The first kappa shape index (κ1) is 19.7. The van der Waals surface area contributed by atoms with Crippen molar-refractivity contribution in [2.75, 3.05) is 0 Å². The van der Waals surface area contributed by atoms with Gasteiger partial charge in [-0.3, -0.25) is 4.79 Å². The van der Waals surface area contributed by atoms with Crippen molar-refractivity contribution in [3.63, 3.8) is 0 Å². The lowest BCUT2D eigenvalue weighted by Crippen LogP contribution is -2.28. The first-order valence-electron chi connectivity index (χ1n) is 8.67. The minimum absolute atomic E-state index is 0.0140. The molecule has 0 aromatic heterocycles. The van der Waals surface area contributed by atoms with Crippen molar-refractivity contribution in [1.29, 1.82) is 0 Å². The highest BCUT2D eigenvalue weighted by atomic mass is 28.4. The third kappa shape index (κ3) is 15.7. The summed E-state index contributed by atoms with van der Waals surface area (Å²) in [5.41, 5.74) is 0. The summed E-state index contributed by atoms with van der Waals surface area (Å²) in [5, 5.41) is 0. The highest BCUT2D eigenvalue weighted by molar-refractivity contribution is 6.71. The van der Waals surface area contributed by atoms with E-state index in [1.807, 2.05) is 0 Å². The second-order valence-corrected chi connectivity index (χ2v) is 11.3. The fourth-order valence-electron chi connectivity index (χ4n) is 2.33. The molecule has 20 heavy (non-hydrogen) atoms. The molecule has 0 rings (SSSR count). The average molecular weight is 301 g/mol. The third-order valence-corrected chi connectivity index (χ3v) is 4.24. The van der Waals surface area contributed by atoms with Crippen LogP contribution in [0.2, 0.25) is 19.6 Å². The van der Waals surface area contributed by atoms with Crippen LogP contribution in [-0.4, -0.2) is 14.3 Å². The van der Waals surface area contributed by atoms with E-state index >= 15 is 0 Å². The van der Waals surface area contributed by atoms with Crippen LogP contribution in [-0.2, 0) is 9.22 Å². The molecule has 0 saturated carbocycles. The van der Waals surface area contributed by atoms with Gasteiger partial charge in [-0.1, -0.05) is 71.1 Å². The lowest BCUT2D eigenvalue weighted by Gasteiger charge is -2.17. The van der Waals surface area contributed by atoms with Crippen LogP contribution in [0.25, 0.3) is 0 Å². The average Bonchev–Trinajstić information content (AvgIpc) is 2.34. The summed E-state index contributed by atoms with van der Waals surface area (Å²) in [5.74, 6) is 0.0140. The number of rotatable bonds is 13. The maximum absolute atomic E-state index is 11.5. The topological polar surface area (TPSA) is 26.3 Å². The Hall–Kier alpha value is -0.313. The lowest BCUT2D eigenvalue weighted by atomic mass is 10.1. The van der Waals surface area contributed by atoms with Crippen molar-refractivity contribution in [3.8, 4) is 0 Å². The Morgan fingerprint density at radius 3 is 1.55 bits per heavy atom. The van der Waals surface area contributed by atoms with E-state index in [0.717, 1.165) is 6.42 Å². The Labute approximate surface area is 127 Å². The van der Waals surface area contributed by atoms with Crippen molar-refractivity contribution in [1.82, 2.24) is 0 Å². The molecule has 120 valence electrons. The molecule has 0 aromatic carbocycles. The second-order valence-electron chi connectivity index (χ2n) is 6.87. The van der Waals surface area contributed by atoms with Crippen molar-refractivity contribution in [2.45, 2.75) is 104 Å². The summed E-state index contributed by atoms with van der Waals surface area (Å²) in [6.07, 6.45) is 15.1. The molecule has 0 heterocycles. The third-order valence-electron chi connectivity index (χ3n) is 3.40. The summed E-state index contributed by atoms with van der Waals surface area (Å²) in [7, 11) is -1.67. The molecule has 0 amide bonds. The van der Waals surface area contributed by atoms with E-state index in [4.69, 9.17) is 4.43 Å². The minimum Gasteiger partial charge on any atom is -0.520 e. The van der Waals surface area contributed by atoms with Gasteiger partial charge in [0.25, 0.3) is 5.97 Å². The van der Waals surface area contributed by atoms with Crippen LogP contribution >= 0.6 is 0 Å². The predicted molar refractivity (Wildman–Crippen MR) is 90.5 cm³/mol. The second kappa shape index (κ2) is 12.4. The summed E-state index contributed by atoms with van der Waals surface area (Å²) in [6, 6.07) is 0. The first-order valence-corrected chi connectivity index (χ1v) is 12.1. The first-order chi connectivity index (χ1) is 9.45. The van der Waals surface area contributed by atoms with E-state index in [1.165, 1.54) is 64.2 Å². The van der Waals surface area contributed by atoms with E-state index < -0.39 is 8.32 Å². The smallest absolute Gasteiger partial charge is 0.292 e. The summed E-state index contributed by atoms with van der Waals surface area (Å²) < 4.78 is 5.43. The van der Waals surface area contributed by atoms with Gasteiger partial charge in [0.2, 0.25) is 8.32 Å². The van der Waals surface area contributed by atoms with E-state index in [-0.39, 0.29) is 5.97 Å². The van der Waals surface area contributed by atoms with Crippen LogP contribution in [0.1, 0.15) is 84.0 Å². The zero-order valence-corrected chi connectivity index (χ0v) is 15.3. The molecule has 0 bridgehead atoms. The van der Waals surface area contributed by atoms with E-state index in [1.54, 1.807) is 0 Å². The largest absolute Gasteiger partial charge is 0.520 e. The molecule has 2 nitrogen and oxygen atoms in total. The van der Waals surface area contributed by atoms with Gasteiger partial charge in [-0.25, -0.2) is 0 Å². The monoisotopic (exact) mass is 300 g/mol. The molecule has 0 unspecified atom stereocenters. The van der Waals surface area contributed by atoms with Gasteiger partial charge in [-0.15, -0.1) is 0 Å². The zero-order valence-electron chi connectivity index (χ0n) is 14.3. The number of carbonyl (C=O) groups is 1. The SMILES string of the molecule is CCCCCCCCCCCCCC(=O)O[Si](C)(C)C. The Balaban J connectivity index is 3.19. The van der Waals surface area contributed by atoms with Crippen molar-refractivity contribution < 1.29 is 9.22 Å². The highest BCUT2D eigenvalue weighted by Gasteiger charge is 2.19. The quantitative estimate of drug-likeness (QED) is 0.305. The molecule has 0 fully saturated rings. The van der Waals surface area contributed by atoms with Gasteiger partial charge in [-0.2, -0.15) is 0 Å². The summed E-state index contributed by atoms with van der Waals surface area (Å²) in [4.78, 5) is 11.5. The van der Waals surface area contributed by atoms with E-state index in [9.17, 15) is 4.79 Å². The van der Waals surface area contributed by atoms with Crippen LogP contribution in [0.5, 0.6) is 0 Å². The van der Waals surface area contributed by atoms with Gasteiger partial charge in [0.15, 0.2) is 0 Å². The van der Waals surface area contributed by atoms with Gasteiger partial charge >= 0.3 is 0 Å². The molecule has 0 spiro atoms. The maximum atomic E-state index is 11.5. The van der Waals surface area contributed by atoms with Gasteiger partial charge in [0, 0.05) is 6.42 Å². The Morgan fingerprint density at radius 1 is 0.750 bits per heavy atom. The molecule has 0 radical (unpaired) electrons. The summed E-state index contributed by atoms with van der Waals surface area (Å²) in [6.45, 7) is 8.45. The summed E-state index contributed by atoms with van der Waals surface area (Å²) >= 11 is 0. The maximum Gasteiger partial charge on any atom is 0.292 e. The van der Waals surface area contributed by atoms with Gasteiger partial charge < -0.3 is 4.43 Å². The number of carbonyl (C=O) groups excluding carboxylic acids is 1. The Morgan fingerprint density at radius 2 is 1.15 bits per heavy atom. The molecule has 0 aromatic rings. The fraction of sp³-hybridized carbons (Fsp3) is 0.941. The highest BCUT2D eigenvalue weighted by Crippen LogP contribution is 2.13. The van der Waals surface area contributed by atoms with Crippen LogP contribution < -0.4 is 0 Å². The molecule has 3 heteroatoms. The standard InChI is InChI=1S/C17H36O2Si/c1-5-6-7-8-9-10-11-12-13-14-15-16-17(18)19-20(2,3)4/h5-16H2,1-4H3. The minimum atomic E-state index is -1.67. The molecule has 0 atom stereocenters. The number of hydrogen-bond donors (Lipinski definition) is 0. The van der Waals surface area contributed by atoms with Gasteiger partial charge in [0.05, 0.1) is 0 Å². The Bertz CT molecular complexity index is 234. The fourth-order valence-corrected chi connectivity index (χ4v) is 3.11. The van der Waals surface area contributed by atoms with Crippen LogP contribution in [0, 0.1) is 0 Å². The molecular weight excluding hydrogens is 264 g/mol. The van der Waals surface area contributed by atoms with Crippen molar-refractivity contribution in [2.24, 2.45) is 0 Å². The van der Waals surface area contributed by atoms with E-state index in [0.29, 0.717) is 6.42 Å². The normalized spacial score (nSPS) is 11.6. The molecule has 0 aliphatic rings. The molecular formula is C17H36O2Si.